The van der Waals surface area contributed by atoms with Crippen LogP contribution in [0.25, 0.3) is 0 Å². The Morgan fingerprint density at radius 3 is 1.17 bits per heavy atom. The average Bonchev–Trinajstić information content (AvgIpc) is 1.57. The summed E-state index contributed by atoms with van der Waals surface area (Å²) in [4.78, 5) is 63.4. The molecule has 22 heteroatoms. The van der Waals surface area contributed by atoms with Crippen LogP contribution in [0.2, 0.25) is 30.1 Å². The van der Waals surface area contributed by atoms with E-state index < -0.39 is 22.6 Å². The fourth-order valence-corrected chi connectivity index (χ4v) is 18.2. The molecule has 7 aliphatic heterocycles. The standard InChI is InChI=1S/C26H28Cl2N4OS.C24H24Cl2N2O2S.C22H20Cl2N2O2S/c1-16(2)23-21(14-31-13-12-29-22(33)15-31)34-25-30-26(3,18-6-10-20(28)11-7-18)24(32(23)25)17-4-8-19(27)9-5-17;1-5-30-22(29)20-19(14(2)3)28-21(15-6-10-17(25)11-7-15)24(4,27-23(28)31-20)16-8-12-18(26)13-9-16;1-12(2)17-18(20(27)28)29-21-25-22(3,14-6-10-16(24)11-7-14)19(26(17)21)13-4-8-15(23)9-5-13/h4-11,16,24H,12-15H2,1-3H3,(H,29,33);6-14,21H,5H2,1-4H3;4-12,19H,1-3H3,(H,27,28). The number of aliphatic carboxylic acids is 1. The van der Waals surface area contributed by atoms with Gasteiger partial charge in [-0.1, -0.05) is 196 Å². The lowest BCUT2D eigenvalue weighted by Gasteiger charge is -2.37. The highest BCUT2D eigenvalue weighted by molar-refractivity contribution is 8.18. The SMILES string of the molecule is CC(C)C1=C(C(=O)O)SC2=NC(C)(c3ccc(Cl)cc3)C(c3ccc(Cl)cc3)N21.CC(C)C1=C(CN2CCNC(=O)C2)SC2=NC(C)(c3ccc(Cl)cc3)C(c3ccc(Cl)cc3)N21.CCOC(=O)C1=C(C(C)C)N2C(=NC(C)(c3ccc(Cl)cc3)C2c2ccc(Cl)cc2)S1. The maximum atomic E-state index is 12.7. The number of allylic oxidation sites excluding steroid dienone is 3. The van der Waals surface area contributed by atoms with Gasteiger partial charge >= 0.3 is 11.9 Å². The Bertz CT molecular complexity index is 4090. The summed E-state index contributed by atoms with van der Waals surface area (Å²) in [6.07, 6.45) is 0. The van der Waals surface area contributed by atoms with Crippen molar-refractivity contribution in [2.75, 3.05) is 32.8 Å². The van der Waals surface area contributed by atoms with Crippen molar-refractivity contribution in [2.45, 2.75) is 104 Å². The smallest absolute Gasteiger partial charge is 0.346 e. The number of amides is 1. The number of carbonyl (C=O) groups is 3. The molecule has 13 rings (SSSR count). The lowest BCUT2D eigenvalue weighted by molar-refractivity contribution is -0.137. The van der Waals surface area contributed by atoms with Gasteiger partial charge in [0.1, 0.15) is 26.4 Å². The number of carboxylic acid groups (broad SMARTS) is 1. The van der Waals surface area contributed by atoms with Gasteiger partial charge in [0.15, 0.2) is 15.5 Å². The molecule has 0 radical (unpaired) electrons. The molecule has 13 nitrogen and oxygen atoms in total. The molecule has 2 N–H and O–H groups in total. The molecular formula is C72H72Cl6N8O5S3. The first-order valence-electron chi connectivity index (χ1n) is 31.1. The van der Waals surface area contributed by atoms with Crippen molar-refractivity contribution in [1.82, 2.24) is 24.9 Å². The second-order valence-electron chi connectivity index (χ2n) is 25.2. The number of rotatable bonds is 14. The lowest BCUT2D eigenvalue weighted by Crippen LogP contribution is -2.48. The number of piperazine rings is 1. The number of amidine groups is 3. The maximum Gasteiger partial charge on any atom is 0.346 e. The van der Waals surface area contributed by atoms with Gasteiger partial charge in [0, 0.05) is 71.8 Å². The second-order valence-corrected chi connectivity index (χ2v) is 30.8. The summed E-state index contributed by atoms with van der Waals surface area (Å²) in [5.41, 5.74) is 7.81. The van der Waals surface area contributed by atoms with Crippen LogP contribution in [0.15, 0.2) is 192 Å². The molecule has 1 fully saturated rings. The maximum absolute atomic E-state index is 12.7. The first-order chi connectivity index (χ1) is 44.7. The third kappa shape index (κ3) is 13.6. The Morgan fingerprint density at radius 2 is 0.840 bits per heavy atom. The number of aliphatic imine (C=N–C) groups is 3. The van der Waals surface area contributed by atoms with Crippen LogP contribution >= 0.6 is 105 Å². The zero-order valence-corrected chi connectivity index (χ0v) is 60.5. The predicted octanol–water partition coefficient (Wildman–Crippen LogP) is 18.8. The zero-order valence-electron chi connectivity index (χ0n) is 53.6. The number of fused-ring (bicyclic) bond motifs is 3. The molecule has 0 aliphatic carbocycles. The van der Waals surface area contributed by atoms with E-state index in [9.17, 15) is 19.5 Å². The third-order valence-electron chi connectivity index (χ3n) is 17.7. The van der Waals surface area contributed by atoms with E-state index in [-0.39, 0.29) is 41.8 Å². The molecule has 7 aliphatic rings. The summed E-state index contributed by atoms with van der Waals surface area (Å²) >= 11 is 41.4. The molecule has 6 atom stereocenters. The molecule has 0 bridgehead atoms. The van der Waals surface area contributed by atoms with E-state index in [1.807, 2.05) is 142 Å². The van der Waals surface area contributed by atoms with Gasteiger partial charge < -0.3 is 29.9 Å². The van der Waals surface area contributed by atoms with Crippen LogP contribution in [0.3, 0.4) is 0 Å². The number of esters is 1. The number of nitrogens with zero attached hydrogens (tertiary/aromatic N) is 7. The van der Waals surface area contributed by atoms with E-state index in [4.69, 9.17) is 89.3 Å². The number of thioether (sulfide) groups is 3. The van der Waals surface area contributed by atoms with E-state index >= 15 is 0 Å². The molecule has 0 spiro atoms. The number of nitrogens with one attached hydrogen (secondary N) is 1. The number of benzene rings is 6. The monoisotopic (exact) mass is 1430 g/mol. The first-order valence-corrected chi connectivity index (χ1v) is 35.8. The van der Waals surface area contributed by atoms with Gasteiger partial charge in [-0.15, -0.1) is 0 Å². The topological polar surface area (TPSA) is 143 Å². The van der Waals surface area contributed by atoms with Gasteiger partial charge in [-0.25, -0.2) is 24.6 Å². The van der Waals surface area contributed by atoms with Crippen LogP contribution in [0.1, 0.15) is 121 Å². The number of carboxylic acids is 1. The van der Waals surface area contributed by atoms with Crippen molar-refractivity contribution in [3.05, 3.63) is 241 Å². The Labute approximate surface area is 593 Å². The molecule has 1 saturated heterocycles. The van der Waals surface area contributed by atoms with Crippen molar-refractivity contribution >= 4 is 138 Å². The minimum Gasteiger partial charge on any atom is -0.477 e. The number of hydrogen-bond acceptors (Lipinski definition) is 14. The molecule has 6 aromatic carbocycles. The van der Waals surface area contributed by atoms with E-state index in [0.29, 0.717) is 65.7 Å². The molecule has 0 aromatic heterocycles. The normalized spacial score (nSPS) is 23.9. The van der Waals surface area contributed by atoms with Gasteiger partial charge in [0.2, 0.25) is 5.91 Å². The number of ether oxygens (including phenoxy) is 1. The predicted molar refractivity (Wildman–Crippen MR) is 389 cm³/mol. The second kappa shape index (κ2) is 28.3. The molecular weight excluding hydrogens is 1370 g/mol. The first kappa shape index (κ1) is 69.5. The Hall–Kier alpha value is -5.89. The summed E-state index contributed by atoms with van der Waals surface area (Å²) in [7, 11) is 0. The molecule has 94 heavy (non-hydrogen) atoms. The molecule has 1 amide bonds. The number of halogens is 6. The van der Waals surface area contributed by atoms with E-state index in [1.54, 1.807) is 11.8 Å². The number of hydrogen-bond donors (Lipinski definition) is 2. The molecule has 0 saturated carbocycles. The summed E-state index contributed by atoms with van der Waals surface area (Å²) in [6, 6.07) is 46.8. The van der Waals surface area contributed by atoms with Gasteiger partial charge in [-0.05, 0) is 175 Å². The minimum absolute atomic E-state index is 0.0204. The van der Waals surface area contributed by atoms with E-state index in [2.05, 4.69) is 97.6 Å². The Morgan fingerprint density at radius 1 is 0.521 bits per heavy atom. The Balaban J connectivity index is 0.000000144. The van der Waals surface area contributed by atoms with E-state index in [1.165, 1.54) is 34.1 Å². The average molecular weight is 1440 g/mol. The Kier molecular flexibility index (Phi) is 20.9. The van der Waals surface area contributed by atoms with Crippen LogP contribution in [0, 0.1) is 17.8 Å². The van der Waals surface area contributed by atoms with Crippen LogP contribution in [0.5, 0.6) is 0 Å². The van der Waals surface area contributed by atoms with Crippen LogP contribution < -0.4 is 5.32 Å². The van der Waals surface area contributed by atoms with Crippen LogP contribution in [0.4, 0.5) is 0 Å². The molecule has 7 heterocycles. The van der Waals surface area contributed by atoms with Gasteiger partial charge in [-0.2, -0.15) is 0 Å². The molecule has 6 aromatic rings. The van der Waals surface area contributed by atoms with Crippen molar-refractivity contribution in [2.24, 2.45) is 32.7 Å². The summed E-state index contributed by atoms with van der Waals surface area (Å²) < 4.78 is 5.35. The fraction of sp³-hybridized carbons (Fsp3) is 0.333. The van der Waals surface area contributed by atoms with Crippen molar-refractivity contribution in [3.63, 3.8) is 0 Å². The molecule has 490 valence electrons. The third-order valence-corrected chi connectivity index (χ3v) is 22.4. The quantitative estimate of drug-likeness (QED) is 0.100. The van der Waals surface area contributed by atoms with E-state index in [0.717, 1.165) is 73.2 Å². The fourth-order valence-electron chi connectivity index (χ4n) is 13.5. The highest BCUT2D eigenvalue weighted by atomic mass is 35.5. The van der Waals surface area contributed by atoms with Crippen molar-refractivity contribution in [1.29, 1.82) is 0 Å². The summed E-state index contributed by atoms with van der Waals surface area (Å²) in [6.45, 7) is 24.0. The largest absolute Gasteiger partial charge is 0.477 e. The van der Waals surface area contributed by atoms with Crippen molar-refractivity contribution in [3.8, 4) is 0 Å². The van der Waals surface area contributed by atoms with Crippen LogP contribution in [-0.4, -0.2) is 90.8 Å². The zero-order chi connectivity index (χ0) is 67.3. The van der Waals surface area contributed by atoms with Crippen molar-refractivity contribution < 1.29 is 24.2 Å². The van der Waals surface area contributed by atoms with Crippen LogP contribution in [-0.2, 0) is 35.7 Å². The number of carbonyl (C=O) groups excluding carboxylic acids is 2. The molecule has 6 unspecified atom stereocenters. The van der Waals surface area contributed by atoms with Gasteiger partial charge in [0.25, 0.3) is 0 Å². The minimum atomic E-state index is -0.918. The summed E-state index contributed by atoms with van der Waals surface area (Å²) in [5.74, 6) is -0.676. The summed E-state index contributed by atoms with van der Waals surface area (Å²) in [5, 5.41) is 19.3. The lowest BCUT2D eigenvalue weighted by atomic mass is 9.81. The highest BCUT2D eigenvalue weighted by Crippen LogP contribution is 2.60. The van der Waals surface area contributed by atoms with Gasteiger partial charge in [-0.3, -0.25) is 9.69 Å². The van der Waals surface area contributed by atoms with Gasteiger partial charge in [0.05, 0.1) is 31.3 Å². The highest BCUT2D eigenvalue weighted by Gasteiger charge is 2.56.